The fraction of sp³-hybridized carbons (Fsp3) is 0.167. The van der Waals surface area contributed by atoms with Gasteiger partial charge in [0, 0.05) is 10.9 Å². The van der Waals surface area contributed by atoms with E-state index in [0.717, 1.165) is 0 Å². The van der Waals surface area contributed by atoms with Crippen LogP contribution >= 0.6 is 11.3 Å². The number of alkyl halides is 3. The molecule has 0 bridgehead atoms. The Hall–Kier alpha value is -2.45. The molecule has 3 aromatic rings. The lowest BCUT2D eigenvalue weighted by molar-refractivity contribution is -0.156. The maximum absolute atomic E-state index is 13.7. The summed E-state index contributed by atoms with van der Waals surface area (Å²) in [5.41, 5.74) is 1.47. The summed E-state index contributed by atoms with van der Waals surface area (Å²) in [5, 5.41) is 7.33. The van der Waals surface area contributed by atoms with E-state index in [1.807, 2.05) is 0 Å². The second-order valence-corrected chi connectivity index (χ2v) is 6.39. The molecule has 0 aliphatic carbocycles. The first-order valence-corrected chi connectivity index (χ1v) is 8.58. The largest absolute Gasteiger partial charge is 0.407 e. The highest BCUT2D eigenvalue weighted by molar-refractivity contribution is 7.14. The number of halogens is 4. The SMILES string of the molecule is CNC(c1cccc(-c2csc(Nc3ccccc3F)n2)c1)C(F)(F)F. The number of thiazole rings is 1. The normalized spacial score (nSPS) is 12.8. The van der Waals surface area contributed by atoms with Crippen molar-refractivity contribution in [3.05, 3.63) is 65.3 Å². The molecule has 3 rings (SSSR count). The summed E-state index contributed by atoms with van der Waals surface area (Å²) in [5.74, 6) is -0.409. The van der Waals surface area contributed by atoms with Gasteiger partial charge < -0.3 is 10.6 Å². The highest BCUT2D eigenvalue weighted by atomic mass is 32.1. The molecule has 0 amide bonds. The van der Waals surface area contributed by atoms with Gasteiger partial charge in [-0.25, -0.2) is 9.37 Å². The van der Waals surface area contributed by atoms with Gasteiger partial charge in [-0.2, -0.15) is 13.2 Å². The Labute approximate surface area is 151 Å². The molecule has 0 aliphatic heterocycles. The van der Waals surface area contributed by atoms with Gasteiger partial charge in [0.05, 0.1) is 11.4 Å². The van der Waals surface area contributed by atoms with Crippen molar-refractivity contribution in [2.75, 3.05) is 12.4 Å². The van der Waals surface area contributed by atoms with E-state index in [1.165, 1.54) is 36.6 Å². The molecule has 2 aromatic carbocycles. The molecular weight excluding hydrogens is 366 g/mol. The zero-order chi connectivity index (χ0) is 18.7. The summed E-state index contributed by atoms with van der Waals surface area (Å²) in [6.07, 6.45) is -4.40. The number of hydrogen-bond donors (Lipinski definition) is 2. The van der Waals surface area contributed by atoms with E-state index < -0.39 is 18.0 Å². The topological polar surface area (TPSA) is 37.0 Å². The van der Waals surface area contributed by atoms with Crippen LogP contribution in [0.2, 0.25) is 0 Å². The summed E-state index contributed by atoms with van der Waals surface area (Å²) in [7, 11) is 1.27. The van der Waals surface area contributed by atoms with Crippen molar-refractivity contribution < 1.29 is 17.6 Å². The van der Waals surface area contributed by atoms with E-state index in [0.29, 0.717) is 16.4 Å². The van der Waals surface area contributed by atoms with Crippen molar-refractivity contribution in [1.82, 2.24) is 10.3 Å². The Bertz CT molecular complexity index is 892. The Morgan fingerprint density at radius 1 is 1.08 bits per heavy atom. The summed E-state index contributed by atoms with van der Waals surface area (Å²) >= 11 is 1.25. The van der Waals surface area contributed by atoms with Gasteiger partial charge in [-0.05, 0) is 30.8 Å². The first kappa shape index (κ1) is 18.3. The van der Waals surface area contributed by atoms with Gasteiger partial charge in [-0.1, -0.05) is 30.3 Å². The minimum Gasteiger partial charge on any atom is -0.329 e. The third-order valence-electron chi connectivity index (χ3n) is 3.75. The molecule has 0 radical (unpaired) electrons. The Kier molecular flexibility index (Phi) is 5.24. The second kappa shape index (κ2) is 7.43. The Morgan fingerprint density at radius 3 is 2.54 bits per heavy atom. The molecule has 8 heteroatoms. The molecule has 1 unspecified atom stereocenters. The minimum absolute atomic E-state index is 0.106. The van der Waals surface area contributed by atoms with E-state index in [9.17, 15) is 17.6 Å². The van der Waals surface area contributed by atoms with Gasteiger partial charge in [-0.3, -0.25) is 0 Å². The summed E-state index contributed by atoms with van der Waals surface area (Å²) in [6, 6.07) is 10.6. The smallest absolute Gasteiger partial charge is 0.329 e. The molecule has 136 valence electrons. The Balaban J connectivity index is 1.86. The lowest BCUT2D eigenvalue weighted by atomic mass is 10.0. The van der Waals surface area contributed by atoms with E-state index in [1.54, 1.807) is 35.7 Å². The molecule has 26 heavy (non-hydrogen) atoms. The fourth-order valence-corrected chi connectivity index (χ4v) is 3.27. The average Bonchev–Trinajstić information content (AvgIpc) is 3.05. The molecule has 0 aliphatic rings. The standard InChI is InChI=1S/C18H15F4N3S/c1-23-16(18(20,21)22)12-6-4-5-11(9-12)15-10-26-17(25-15)24-14-8-3-2-7-13(14)19/h2-10,16,23H,1H3,(H,24,25). The lowest BCUT2D eigenvalue weighted by Crippen LogP contribution is -2.31. The first-order chi connectivity index (χ1) is 12.4. The van der Waals surface area contributed by atoms with Crippen LogP contribution in [0, 0.1) is 5.82 Å². The quantitative estimate of drug-likeness (QED) is 0.572. The predicted octanol–water partition coefficient (Wildman–Crippen LogP) is 5.52. The van der Waals surface area contributed by atoms with E-state index in [4.69, 9.17) is 0 Å². The molecule has 1 atom stereocenters. The lowest BCUT2D eigenvalue weighted by Gasteiger charge is -2.20. The third-order valence-corrected chi connectivity index (χ3v) is 4.51. The van der Waals surface area contributed by atoms with Crippen molar-refractivity contribution in [2.45, 2.75) is 12.2 Å². The maximum atomic E-state index is 13.7. The molecule has 2 N–H and O–H groups in total. The molecular formula is C18H15F4N3S. The van der Waals surface area contributed by atoms with Crippen LogP contribution < -0.4 is 10.6 Å². The number of rotatable bonds is 5. The summed E-state index contributed by atoms with van der Waals surface area (Å²) in [6.45, 7) is 0. The number of nitrogens with one attached hydrogen (secondary N) is 2. The number of benzene rings is 2. The van der Waals surface area contributed by atoms with Crippen molar-refractivity contribution in [3.63, 3.8) is 0 Å². The average molecular weight is 381 g/mol. The highest BCUT2D eigenvalue weighted by Gasteiger charge is 2.39. The van der Waals surface area contributed by atoms with E-state index in [2.05, 4.69) is 15.6 Å². The number of nitrogens with zero attached hydrogens (tertiary/aromatic N) is 1. The Morgan fingerprint density at radius 2 is 1.85 bits per heavy atom. The predicted molar refractivity (Wildman–Crippen MR) is 95.1 cm³/mol. The van der Waals surface area contributed by atoms with Crippen LogP contribution in [0.3, 0.4) is 0 Å². The zero-order valence-electron chi connectivity index (χ0n) is 13.6. The molecule has 0 saturated carbocycles. The van der Waals surface area contributed by atoms with Gasteiger partial charge >= 0.3 is 6.18 Å². The van der Waals surface area contributed by atoms with Gasteiger partial charge in [-0.15, -0.1) is 11.3 Å². The van der Waals surface area contributed by atoms with Gasteiger partial charge in [0.15, 0.2) is 5.13 Å². The minimum atomic E-state index is -4.40. The molecule has 0 saturated heterocycles. The van der Waals surface area contributed by atoms with Crippen molar-refractivity contribution in [3.8, 4) is 11.3 Å². The van der Waals surface area contributed by atoms with Gasteiger partial charge in [0.25, 0.3) is 0 Å². The second-order valence-electron chi connectivity index (χ2n) is 5.53. The molecule has 3 nitrogen and oxygen atoms in total. The highest BCUT2D eigenvalue weighted by Crippen LogP contribution is 2.35. The van der Waals surface area contributed by atoms with Crippen LogP contribution in [-0.2, 0) is 0 Å². The summed E-state index contributed by atoms with van der Waals surface area (Å²) in [4.78, 5) is 4.34. The zero-order valence-corrected chi connectivity index (χ0v) is 14.5. The number of hydrogen-bond acceptors (Lipinski definition) is 4. The van der Waals surface area contributed by atoms with Gasteiger partial charge in [0.2, 0.25) is 0 Å². The molecule has 1 aromatic heterocycles. The van der Waals surface area contributed by atoms with Crippen LogP contribution in [0.4, 0.5) is 28.4 Å². The first-order valence-electron chi connectivity index (χ1n) is 7.70. The van der Waals surface area contributed by atoms with Crippen LogP contribution in [0.1, 0.15) is 11.6 Å². The number of anilines is 2. The van der Waals surface area contributed by atoms with Crippen molar-refractivity contribution >= 4 is 22.2 Å². The molecule has 0 spiro atoms. The molecule has 0 fully saturated rings. The van der Waals surface area contributed by atoms with Crippen LogP contribution in [0.15, 0.2) is 53.9 Å². The van der Waals surface area contributed by atoms with Crippen molar-refractivity contribution in [1.29, 1.82) is 0 Å². The third kappa shape index (κ3) is 4.03. The molecule has 1 heterocycles. The number of aromatic nitrogens is 1. The maximum Gasteiger partial charge on any atom is 0.407 e. The van der Waals surface area contributed by atoms with E-state index >= 15 is 0 Å². The fourth-order valence-electron chi connectivity index (χ4n) is 2.54. The van der Waals surface area contributed by atoms with Crippen LogP contribution in [-0.4, -0.2) is 18.2 Å². The van der Waals surface area contributed by atoms with E-state index in [-0.39, 0.29) is 11.3 Å². The monoisotopic (exact) mass is 381 g/mol. The summed E-state index contributed by atoms with van der Waals surface area (Å²) < 4.78 is 53.0. The van der Waals surface area contributed by atoms with Gasteiger partial charge in [0.1, 0.15) is 11.9 Å². The van der Waals surface area contributed by atoms with Crippen LogP contribution in [0.25, 0.3) is 11.3 Å². The van der Waals surface area contributed by atoms with Crippen molar-refractivity contribution in [2.24, 2.45) is 0 Å². The number of para-hydroxylation sites is 1. The van der Waals surface area contributed by atoms with Crippen LogP contribution in [0.5, 0.6) is 0 Å².